The van der Waals surface area contributed by atoms with Gasteiger partial charge in [-0.2, -0.15) is 0 Å². The van der Waals surface area contributed by atoms with E-state index in [1.54, 1.807) is 5.57 Å². The van der Waals surface area contributed by atoms with Crippen molar-refractivity contribution in [3.8, 4) is 0 Å². The van der Waals surface area contributed by atoms with Gasteiger partial charge in [-0.05, 0) is 103 Å². The van der Waals surface area contributed by atoms with Crippen LogP contribution in [0.2, 0.25) is 0 Å². The molecule has 0 radical (unpaired) electrons. The number of carbonyl (C=O) groups excluding carboxylic acids is 1. The highest BCUT2D eigenvalue weighted by Crippen LogP contribution is 2.67. The van der Waals surface area contributed by atoms with Crippen molar-refractivity contribution in [2.75, 3.05) is 0 Å². The molecule has 4 aliphatic rings. The maximum absolute atomic E-state index is 12.7. The molecule has 0 N–H and O–H groups in total. The largest absolute Gasteiger partial charge is 0.458 e. The molecule has 1 aromatic carbocycles. The van der Waals surface area contributed by atoms with E-state index in [-0.39, 0.29) is 12.1 Å². The molecule has 3 saturated carbocycles. The maximum Gasteiger partial charge on any atom is 0.338 e. The van der Waals surface area contributed by atoms with Crippen LogP contribution >= 0.6 is 0 Å². The number of hydrogen-bond acceptors (Lipinski definition) is 2. The van der Waals surface area contributed by atoms with Crippen LogP contribution in [-0.2, 0) is 4.74 Å². The third kappa shape index (κ3) is 4.71. The molecule has 0 amide bonds. The van der Waals surface area contributed by atoms with Gasteiger partial charge in [-0.1, -0.05) is 83.7 Å². The van der Waals surface area contributed by atoms with E-state index in [1.165, 1.54) is 57.8 Å². The Balaban J connectivity index is 1.25. The van der Waals surface area contributed by atoms with Crippen molar-refractivity contribution in [3.05, 3.63) is 47.5 Å². The number of esters is 1. The Morgan fingerprint density at radius 3 is 2.50 bits per heavy atom. The molecule has 4 aliphatic carbocycles. The van der Waals surface area contributed by atoms with Crippen LogP contribution in [0.25, 0.3) is 0 Å². The zero-order chi connectivity index (χ0) is 25.5. The Hall–Kier alpha value is -1.57. The summed E-state index contributed by atoms with van der Waals surface area (Å²) >= 11 is 0. The molecule has 5 rings (SSSR count). The van der Waals surface area contributed by atoms with Crippen LogP contribution < -0.4 is 0 Å². The standard InChI is InChI=1S/C34H50O2/c1-23(2)10-9-11-24(3)29-16-17-30-28-15-14-26-22-27(36-32(35)25-12-7-6-8-13-25)18-20-33(26,4)31(28)19-21-34(29,30)5/h6-8,12-14,23-24,27-31H,9-11,15-22H2,1-5H3/t24-,27-,28+,29-,30+,31+,33-,34+/m0/s1. The lowest BCUT2D eigenvalue weighted by molar-refractivity contribution is -0.0594. The lowest BCUT2D eigenvalue weighted by atomic mass is 9.47. The molecule has 3 fully saturated rings. The van der Waals surface area contributed by atoms with Crippen molar-refractivity contribution in [1.82, 2.24) is 0 Å². The molecule has 0 saturated heterocycles. The molecule has 8 atom stereocenters. The second kappa shape index (κ2) is 10.3. The molecular weight excluding hydrogens is 440 g/mol. The molecule has 0 aromatic heterocycles. The van der Waals surface area contributed by atoms with Gasteiger partial charge in [0.25, 0.3) is 0 Å². The number of rotatable bonds is 7. The summed E-state index contributed by atoms with van der Waals surface area (Å²) in [6.07, 6.45) is 17.0. The summed E-state index contributed by atoms with van der Waals surface area (Å²) in [4.78, 5) is 12.7. The van der Waals surface area contributed by atoms with E-state index in [0.29, 0.717) is 16.4 Å². The molecule has 36 heavy (non-hydrogen) atoms. The van der Waals surface area contributed by atoms with Crippen molar-refractivity contribution >= 4 is 5.97 Å². The summed E-state index contributed by atoms with van der Waals surface area (Å²) in [5, 5.41) is 0. The highest BCUT2D eigenvalue weighted by molar-refractivity contribution is 5.89. The van der Waals surface area contributed by atoms with Crippen molar-refractivity contribution in [3.63, 3.8) is 0 Å². The van der Waals surface area contributed by atoms with Crippen molar-refractivity contribution in [2.45, 2.75) is 111 Å². The van der Waals surface area contributed by atoms with Gasteiger partial charge >= 0.3 is 5.97 Å². The van der Waals surface area contributed by atoms with Gasteiger partial charge in [0.05, 0.1) is 5.56 Å². The van der Waals surface area contributed by atoms with E-state index in [1.807, 2.05) is 30.3 Å². The number of hydrogen-bond donors (Lipinski definition) is 0. The zero-order valence-electron chi connectivity index (χ0n) is 23.6. The van der Waals surface area contributed by atoms with Crippen molar-refractivity contribution in [1.29, 1.82) is 0 Å². The first-order chi connectivity index (χ1) is 17.2. The molecular formula is C34H50O2. The first-order valence-corrected chi connectivity index (χ1v) is 15.2. The van der Waals surface area contributed by atoms with E-state index in [2.05, 4.69) is 40.7 Å². The van der Waals surface area contributed by atoms with Gasteiger partial charge in [-0.25, -0.2) is 4.79 Å². The Morgan fingerprint density at radius 1 is 0.972 bits per heavy atom. The van der Waals surface area contributed by atoms with Crippen LogP contribution in [0.15, 0.2) is 42.0 Å². The summed E-state index contributed by atoms with van der Waals surface area (Å²) in [6, 6.07) is 9.49. The highest BCUT2D eigenvalue weighted by atomic mass is 16.5. The van der Waals surface area contributed by atoms with Gasteiger partial charge in [-0.15, -0.1) is 0 Å². The Kier molecular flexibility index (Phi) is 7.45. The van der Waals surface area contributed by atoms with Crippen LogP contribution in [0.4, 0.5) is 0 Å². The van der Waals surface area contributed by atoms with Crippen LogP contribution in [0.1, 0.15) is 116 Å². The van der Waals surface area contributed by atoms with E-state index in [9.17, 15) is 4.79 Å². The molecule has 0 unspecified atom stereocenters. The average Bonchev–Trinajstić information content (AvgIpc) is 3.22. The molecule has 0 aliphatic heterocycles. The lowest BCUT2D eigenvalue weighted by Gasteiger charge is -2.58. The molecule has 0 heterocycles. The monoisotopic (exact) mass is 490 g/mol. The third-order valence-corrected chi connectivity index (χ3v) is 11.5. The molecule has 2 heteroatoms. The minimum absolute atomic E-state index is 0.0324. The quantitative estimate of drug-likeness (QED) is 0.281. The number of carbonyl (C=O) groups is 1. The molecule has 0 spiro atoms. The van der Waals surface area contributed by atoms with Crippen LogP contribution in [0, 0.1) is 46.3 Å². The summed E-state index contributed by atoms with van der Waals surface area (Å²) in [5.41, 5.74) is 3.12. The van der Waals surface area contributed by atoms with Gasteiger partial charge < -0.3 is 4.74 Å². The zero-order valence-corrected chi connectivity index (χ0v) is 23.6. The van der Waals surface area contributed by atoms with Gasteiger partial charge in [-0.3, -0.25) is 0 Å². The van der Waals surface area contributed by atoms with Crippen molar-refractivity contribution in [2.24, 2.45) is 46.3 Å². The summed E-state index contributed by atoms with van der Waals surface area (Å²) in [6.45, 7) is 12.6. The summed E-state index contributed by atoms with van der Waals surface area (Å²) in [7, 11) is 0. The lowest BCUT2D eigenvalue weighted by Crippen LogP contribution is -2.51. The molecule has 2 nitrogen and oxygen atoms in total. The first-order valence-electron chi connectivity index (χ1n) is 15.2. The van der Waals surface area contributed by atoms with E-state index >= 15 is 0 Å². The first kappa shape index (κ1) is 26.1. The minimum Gasteiger partial charge on any atom is -0.458 e. The fraction of sp³-hybridized carbons (Fsp3) is 0.735. The summed E-state index contributed by atoms with van der Waals surface area (Å²) < 4.78 is 6.00. The van der Waals surface area contributed by atoms with E-state index in [0.717, 1.165) is 48.3 Å². The molecule has 198 valence electrons. The van der Waals surface area contributed by atoms with Gasteiger partial charge in [0.2, 0.25) is 0 Å². The number of benzene rings is 1. The second-order valence-electron chi connectivity index (χ2n) is 13.9. The predicted octanol–water partition coefficient (Wildman–Crippen LogP) is 9.25. The van der Waals surface area contributed by atoms with Gasteiger partial charge in [0.1, 0.15) is 6.10 Å². The number of allylic oxidation sites excluding steroid dienone is 1. The highest BCUT2D eigenvalue weighted by Gasteiger charge is 2.59. The predicted molar refractivity (Wildman–Crippen MR) is 149 cm³/mol. The third-order valence-electron chi connectivity index (χ3n) is 11.5. The van der Waals surface area contributed by atoms with E-state index in [4.69, 9.17) is 4.74 Å². The van der Waals surface area contributed by atoms with Gasteiger partial charge in [0.15, 0.2) is 0 Å². The minimum atomic E-state index is -0.161. The maximum atomic E-state index is 12.7. The van der Waals surface area contributed by atoms with Crippen LogP contribution in [-0.4, -0.2) is 12.1 Å². The SMILES string of the molecule is CC(C)CCC[C@H](C)[C@@H]1CC[C@@H]2[C@H]3CC=C4C[C@@H](OC(=O)c5ccccc5)CC[C@]4(C)[C@@H]3CC[C@@]21C. The smallest absolute Gasteiger partial charge is 0.338 e. The molecule has 1 aromatic rings. The van der Waals surface area contributed by atoms with Gasteiger partial charge in [0, 0.05) is 6.42 Å². The fourth-order valence-corrected chi connectivity index (χ4v) is 9.55. The number of ether oxygens (including phenoxy) is 1. The number of fused-ring (bicyclic) bond motifs is 5. The normalized spacial score (nSPS) is 38.5. The molecule has 0 bridgehead atoms. The van der Waals surface area contributed by atoms with Crippen LogP contribution in [0.5, 0.6) is 0 Å². The summed E-state index contributed by atoms with van der Waals surface area (Å²) in [5.74, 6) is 5.03. The fourth-order valence-electron chi connectivity index (χ4n) is 9.55. The average molecular weight is 491 g/mol. The van der Waals surface area contributed by atoms with E-state index < -0.39 is 0 Å². The van der Waals surface area contributed by atoms with Crippen molar-refractivity contribution < 1.29 is 9.53 Å². The Morgan fingerprint density at radius 2 is 1.75 bits per heavy atom. The topological polar surface area (TPSA) is 26.3 Å². The van der Waals surface area contributed by atoms with Crippen LogP contribution in [0.3, 0.4) is 0 Å². The Labute approximate surface area is 220 Å². The Bertz CT molecular complexity index is 947. The second-order valence-corrected chi connectivity index (χ2v) is 13.9.